The molecule has 3 aromatic rings. The molecule has 0 aliphatic rings. The number of carbonyl (C=O) groups excluding carboxylic acids is 1. The molecule has 1 N–H and O–H groups in total. The van der Waals surface area contributed by atoms with E-state index in [1.807, 2.05) is 17.5 Å². The zero-order valence-corrected chi connectivity index (χ0v) is 19.4. The lowest BCUT2D eigenvalue weighted by Crippen LogP contribution is -2.31. The van der Waals surface area contributed by atoms with Crippen LogP contribution in [-0.2, 0) is 10.0 Å². The van der Waals surface area contributed by atoms with Gasteiger partial charge < -0.3 is 0 Å². The second-order valence-corrected chi connectivity index (χ2v) is 9.84. The lowest BCUT2D eigenvalue weighted by atomic mass is 10.2. The molecule has 3 rings (SSSR count). The van der Waals surface area contributed by atoms with Gasteiger partial charge in [-0.05, 0) is 30.3 Å². The van der Waals surface area contributed by atoms with Gasteiger partial charge in [-0.3, -0.25) is 10.1 Å². The number of anilines is 1. The maximum atomic E-state index is 12.8. The van der Waals surface area contributed by atoms with Gasteiger partial charge >= 0.3 is 0 Å². The van der Waals surface area contributed by atoms with Crippen molar-refractivity contribution in [1.29, 1.82) is 0 Å². The Morgan fingerprint density at radius 3 is 2.40 bits per heavy atom. The van der Waals surface area contributed by atoms with E-state index in [4.69, 9.17) is 23.2 Å². The number of aromatic nitrogens is 1. The summed E-state index contributed by atoms with van der Waals surface area (Å²) >= 11 is 13.3. The summed E-state index contributed by atoms with van der Waals surface area (Å²) in [6, 6.07) is 11.4. The first-order valence-electron chi connectivity index (χ1n) is 9.08. The van der Waals surface area contributed by atoms with Gasteiger partial charge in [-0.2, -0.15) is 4.31 Å². The van der Waals surface area contributed by atoms with Gasteiger partial charge in [-0.25, -0.2) is 13.4 Å². The minimum Gasteiger partial charge on any atom is -0.298 e. The van der Waals surface area contributed by atoms with Crippen LogP contribution in [0.3, 0.4) is 0 Å². The second-order valence-electron chi connectivity index (χ2n) is 6.23. The summed E-state index contributed by atoms with van der Waals surface area (Å²) in [4.78, 5) is 17.0. The highest BCUT2D eigenvalue weighted by Crippen LogP contribution is 2.28. The average molecular weight is 484 g/mol. The SMILES string of the molecule is CCN(CC)S(=O)(=O)c1cc(C(=O)Nc2nc(-c3ccc(Cl)cc3)cs2)ccc1Cl. The normalized spacial score (nSPS) is 11.6. The molecule has 2 aromatic carbocycles. The van der Waals surface area contributed by atoms with E-state index in [2.05, 4.69) is 10.3 Å². The molecular formula is C20H19Cl2N3O3S2. The molecule has 0 radical (unpaired) electrons. The number of benzene rings is 2. The van der Waals surface area contributed by atoms with Crippen LogP contribution in [0.5, 0.6) is 0 Å². The van der Waals surface area contributed by atoms with Gasteiger partial charge in [0.25, 0.3) is 5.91 Å². The molecule has 1 aromatic heterocycles. The quantitative estimate of drug-likeness (QED) is 0.487. The Labute approximate surface area is 189 Å². The van der Waals surface area contributed by atoms with Gasteiger partial charge in [0.2, 0.25) is 10.0 Å². The Morgan fingerprint density at radius 1 is 1.10 bits per heavy atom. The fourth-order valence-corrected chi connectivity index (χ4v) is 5.60. The topological polar surface area (TPSA) is 79.4 Å². The third-order valence-electron chi connectivity index (χ3n) is 4.38. The number of sulfonamides is 1. The van der Waals surface area contributed by atoms with Crippen LogP contribution in [-0.4, -0.2) is 36.7 Å². The molecule has 1 heterocycles. The fourth-order valence-electron chi connectivity index (χ4n) is 2.80. The van der Waals surface area contributed by atoms with Crippen molar-refractivity contribution in [3.8, 4) is 11.3 Å². The number of amides is 1. The minimum absolute atomic E-state index is 0.0673. The number of carbonyl (C=O) groups is 1. The van der Waals surface area contributed by atoms with Gasteiger partial charge in [0, 0.05) is 34.6 Å². The second kappa shape index (κ2) is 9.45. The van der Waals surface area contributed by atoms with Crippen LogP contribution in [0.1, 0.15) is 24.2 Å². The van der Waals surface area contributed by atoms with E-state index in [0.29, 0.717) is 28.9 Å². The Bertz CT molecular complexity index is 1160. The van der Waals surface area contributed by atoms with Crippen molar-refractivity contribution in [3.05, 3.63) is 63.5 Å². The number of hydrogen-bond acceptors (Lipinski definition) is 5. The van der Waals surface area contributed by atoms with Crippen LogP contribution in [0.15, 0.2) is 52.7 Å². The van der Waals surface area contributed by atoms with Crippen LogP contribution in [0.2, 0.25) is 10.0 Å². The summed E-state index contributed by atoms with van der Waals surface area (Å²) in [6.07, 6.45) is 0. The van der Waals surface area contributed by atoms with Crippen molar-refractivity contribution in [2.24, 2.45) is 0 Å². The van der Waals surface area contributed by atoms with Crippen LogP contribution < -0.4 is 5.32 Å². The summed E-state index contributed by atoms with van der Waals surface area (Å²) in [5.74, 6) is -0.473. The Morgan fingerprint density at radius 2 is 1.77 bits per heavy atom. The molecule has 0 aliphatic carbocycles. The maximum Gasteiger partial charge on any atom is 0.257 e. The molecule has 0 atom stereocenters. The molecule has 0 saturated carbocycles. The molecular weight excluding hydrogens is 465 g/mol. The molecule has 30 heavy (non-hydrogen) atoms. The summed E-state index contributed by atoms with van der Waals surface area (Å²) in [7, 11) is -3.80. The monoisotopic (exact) mass is 483 g/mol. The number of thiazole rings is 1. The van der Waals surface area contributed by atoms with Crippen LogP contribution in [0.25, 0.3) is 11.3 Å². The van der Waals surface area contributed by atoms with E-state index in [1.54, 1.807) is 26.0 Å². The van der Waals surface area contributed by atoms with Crippen molar-refractivity contribution in [2.45, 2.75) is 18.7 Å². The Hall–Kier alpha value is -1.97. The first-order chi connectivity index (χ1) is 14.3. The summed E-state index contributed by atoms with van der Waals surface area (Å²) < 4.78 is 26.9. The predicted molar refractivity (Wildman–Crippen MR) is 122 cm³/mol. The largest absolute Gasteiger partial charge is 0.298 e. The fraction of sp³-hybridized carbons (Fsp3) is 0.200. The van der Waals surface area contributed by atoms with Gasteiger partial charge in [-0.15, -0.1) is 11.3 Å². The Balaban J connectivity index is 1.84. The molecule has 6 nitrogen and oxygen atoms in total. The Kier molecular flexibility index (Phi) is 7.15. The lowest BCUT2D eigenvalue weighted by Gasteiger charge is -2.19. The summed E-state index contributed by atoms with van der Waals surface area (Å²) in [5.41, 5.74) is 1.75. The van der Waals surface area contributed by atoms with Gasteiger partial charge in [0.05, 0.1) is 10.7 Å². The molecule has 0 unspecified atom stereocenters. The van der Waals surface area contributed by atoms with Crippen molar-refractivity contribution >= 4 is 55.6 Å². The molecule has 0 fully saturated rings. The number of halogens is 2. The molecule has 0 spiro atoms. The van der Waals surface area contributed by atoms with Gasteiger partial charge in [0.15, 0.2) is 5.13 Å². The van der Waals surface area contributed by atoms with E-state index >= 15 is 0 Å². The van der Waals surface area contributed by atoms with E-state index in [1.165, 1.54) is 33.8 Å². The number of nitrogens with one attached hydrogen (secondary N) is 1. The highest BCUT2D eigenvalue weighted by molar-refractivity contribution is 7.89. The zero-order valence-electron chi connectivity index (χ0n) is 16.2. The number of rotatable bonds is 7. The van der Waals surface area contributed by atoms with Crippen molar-refractivity contribution in [1.82, 2.24) is 9.29 Å². The molecule has 1 amide bonds. The van der Waals surface area contributed by atoms with Gasteiger partial charge in [0.1, 0.15) is 4.90 Å². The molecule has 158 valence electrons. The zero-order chi connectivity index (χ0) is 21.9. The van der Waals surface area contributed by atoms with E-state index in [-0.39, 0.29) is 15.5 Å². The first kappa shape index (κ1) is 22.7. The third-order valence-corrected chi connectivity index (χ3v) is 7.92. The summed E-state index contributed by atoms with van der Waals surface area (Å²) in [6.45, 7) is 4.09. The number of nitrogens with zero attached hydrogens (tertiary/aromatic N) is 2. The van der Waals surface area contributed by atoms with E-state index in [9.17, 15) is 13.2 Å². The molecule has 10 heteroatoms. The highest BCUT2D eigenvalue weighted by Gasteiger charge is 2.25. The minimum atomic E-state index is -3.80. The third kappa shape index (κ3) is 4.84. The molecule has 0 aliphatic heterocycles. The van der Waals surface area contributed by atoms with Crippen molar-refractivity contribution in [2.75, 3.05) is 18.4 Å². The van der Waals surface area contributed by atoms with Crippen LogP contribution >= 0.6 is 34.5 Å². The van der Waals surface area contributed by atoms with Crippen molar-refractivity contribution < 1.29 is 13.2 Å². The molecule has 0 bridgehead atoms. The van der Waals surface area contributed by atoms with Crippen LogP contribution in [0, 0.1) is 0 Å². The molecule has 0 saturated heterocycles. The summed E-state index contributed by atoms with van der Waals surface area (Å²) in [5, 5.41) is 5.61. The van der Waals surface area contributed by atoms with Gasteiger partial charge in [-0.1, -0.05) is 49.2 Å². The first-order valence-corrected chi connectivity index (χ1v) is 12.2. The van der Waals surface area contributed by atoms with Crippen LogP contribution in [0.4, 0.5) is 5.13 Å². The smallest absolute Gasteiger partial charge is 0.257 e. The predicted octanol–water partition coefficient (Wildman–Crippen LogP) is 5.40. The van der Waals surface area contributed by atoms with E-state index in [0.717, 1.165) is 5.56 Å². The van der Waals surface area contributed by atoms with E-state index < -0.39 is 15.9 Å². The van der Waals surface area contributed by atoms with Crippen molar-refractivity contribution in [3.63, 3.8) is 0 Å². The standard InChI is InChI=1S/C20H19Cl2N3O3S2/c1-3-25(4-2)30(27,28)18-11-14(7-10-16(18)22)19(26)24-20-23-17(12-29-20)13-5-8-15(21)9-6-13/h5-12H,3-4H2,1-2H3,(H,23,24,26). The number of hydrogen-bond donors (Lipinski definition) is 1. The lowest BCUT2D eigenvalue weighted by molar-refractivity contribution is 0.102. The average Bonchev–Trinajstić information content (AvgIpc) is 3.17. The maximum absolute atomic E-state index is 12.8. The highest BCUT2D eigenvalue weighted by atomic mass is 35.5.